The van der Waals surface area contributed by atoms with Crippen LogP contribution in [0.4, 0.5) is 14.5 Å². The summed E-state index contributed by atoms with van der Waals surface area (Å²) in [6.45, 7) is 0. The van der Waals surface area contributed by atoms with Crippen molar-refractivity contribution in [3.05, 3.63) is 53.6 Å². The third-order valence-corrected chi connectivity index (χ3v) is 5.46. The Labute approximate surface area is 119 Å². The molecule has 0 atom stereocenters. The second-order valence-electron chi connectivity index (χ2n) is 4.32. The van der Waals surface area contributed by atoms with Crippen LogP contribution in [0.25, 0.3) is 19.6 Å². The first kappa shape index (κ1) is 12.9. The molecule has 0 aliphatic rings. The first-order valence-corrected chi connectivity index (χ1v) is 7.48. The predicted molar refractivity (Wildman–Crippen MR) is 75.4 cm³/mol. The van der Waals surface area contributed by atoms with Crippen LogP contribution in [0.15, 0.2) is 36.4 Å². The molecule has 0 aliphatic heterocycles. The number of benzene rings is 2. The fraction of sp³-hybridized carbons (Fsp3) is 0. The average molecular weight is 333 g/mol. The molecule has 1 aromatic heterocycles. The summed E-state index contributed by atoms with van der Waals surface area (Å²) in [5, 5.41) is 9.77. The van der Waals surface area contributed by atoms with E-state index in [-0.39, 0.29) is 31.6 Å². The predicted octanol–water partition coefficient (Wildman–Crippen LogP) is 3.30. The molecular weight excluding hydrogens is 325 g/mol. The topological polar surface area (TPSA) is 49.8 Å². The Morgan fingerprint density at radius 1 is 1.10 bits per heavy atom. The van der Waals surface area contributed by atoms with Crippen LogP contribution in [0.5, 0.6) is 0 Å². The summed E-state index contributed by atoms with van der Waals surface area (Å²) in [7, 11) is 0. The van der Waals surface area contributed by atoms with Crippen LogP contribution in [0.3, 0.4) is 0 Å². The number of nitriles is 1. The van der Waals surface area contributed by atoms with Crippen LogP contribution >= 0.6 is 0 Å². The van der Waals surface area contributed by atoms with Crippen molar-refractivity contribution in [1.82, 2.24) is 0 Å². The van der Waals surface area contributed by atoms with E-state index in [1.54, 1.807) is 12.1 Å². The number of fused-ring (bicyclic) bond motifs is 1. The summed E-state index contributed by atoms with van der Waals surface area (Å²) in [6.07, 6.45) is 0. The Hall–Kier alpha value is -2.15. The molecule has 3 aromatic rings. The molecule has 20 heavy (non-hydrogen) atoms. The van der Waals surface area contributed by atoms with Gasteiger partial charge in [-0.05, 0) is 0 Å². The summed E-state index contributed by atoms with van der Waals surface area (Å²) < 4.78 is 28.9. The van der Waals surface area contributed by atoms with E-state index in [1.807, 2.05) is 12.1 Å². The molecule has 0 saturated heterocycles. The molecule has 0 unspecified atom stereocenters. The zero-order valence-corrected chi connectivity index (χ0v) is 11.9. The standard InChI is InChI=1S/C15H8F2N2Se/c16-11-1-2-13-9(4-11)6-14(20-13)8-3-10(7-18)15(19)12(17)5-8/h1-6H,19H2. The minimum absolute atomic E-state index is 0.0295. The van der Waals surface area contributed by atoms with Crippen molar-refractivity contribution in [3.8, 4) is 16.1 Å². The molecule has 0 radical (unpaired) electrons. The minimum atomic E-state index is -0.599. The van der Waals surface area contributed by atoms with Crippen molar-refractivity contribution >= 4 is 29.8 Å². The molecule has 0 aliphatic carbocycles. The third kappa shape index (κ3) is 2.09. The molecule has 3 rings (SSSR count). The maximum atomic E-state index is 13.7. The van der Waals surface area contributed by atoms with Crippen molar-refractivity contribution in [3.63, 3.8) is 0 Å². The van der Waals surface area contributed by atoms with Crippen LogP contribution in [0, 0.1) is 23.0 Å². The maximum absolute atomic E-state index is 13.7. The average Bonchev–Trinajstić information content (AvgIpc) is 2.84. The van der Waals surface area contributed by atoms with Gasteiger partial charge in [0, 0.05) is 0 Å². The van der Waals surface area contributed by atoms with E-state index in [2.05, 4.69) is 0 Å². The van der Waals surface area contributed by atoms with Crippen molar-refractivity contribution in [1.29, 1.82) is 5.26 Å². The second kappa shape index (κ2) is 4.75. The van der Waals surface area contributed by atoms with E-state index >= 15 is 0 Å². The van der Waals surface area contributed by atoms with Crippen LogP contribution in [0.2, 0.25) is 0 Å². The number of nitrogens with zero attached hydrogens (tertiary/aromatic N) is 1. The summed E-state index contributed by atoms with van der Waals surface area (Å²) in [6, 6.07) is 11.2. The van der Waals surface area contributed by atoms with Crippen LogP contribution in [-0.4, -0.2) is 14.5 Å². The molecular formula is C15H8F2N2Se. The summed E-state index contributed by atoms with van der Waals surface area (Å²) >= 11 is -0.0295. The number of halogens is 2. The van der Waals surface area contributed by atoms with Gasteiger partial charge in [0.1, 0.15) is 0 Å². The number of hydrogen-bond acceptors (Lipinski definition) is 2. The monoisotopic (exact) mass is 334 g/mol. The molecule has 1 heterocycles. The summed E-state index contributed by atoms with van der Waals surface area (Å²) in [5.74, 6) is -0.892. The number of nitrogen functional groups attached to an aromatic ring is 1. The normalized spacial score (nSPS) is 10.7. The molecule has 2 nitrogen and oxygen atoms in total. The molecule has 2 N–H and O–H groups in total. The molecule has 0 bridgehead atoms. The van der Waals surface area contributed by atoms with Gasteiger partial charge in [-0.3, -0.25) is 0 Å². The first-order chi connectivity index (χ1) is 9.58. The summed E-state index contributed by atoms with van der Waals surface area (Å²) in [5.41, 5.74) is 6.12. The van der Waals surface area contributed by atoms with Gasteiger partial charge in [0.25, 0.3) is 0 Å². The fourth-order valence-corrected chi connectivity index (χ4v) is 4.17. The van der Waals surface area contributed by atoms with E-state index in [0.717, 1.165) is 14.1 Å². The van der Waals surface area contributed by atoms with E-state index < -0.39 is 5.82 Å². The van der Waals surface area contributed by atoms with Crippen LogP contribution in [-0.2, 0) is 0 Å². The molecule has 0 amide bonds. The van der Waals surface area contributed by atoms with Crippen molar-refractivity contribution in [2.24, 2.45) is 0 Å². The third-order valence-electron chi connectivity index (χ3n) is 3.01. The number of hydrogen-bond donors (Lipinski definition) is 1. The van der Waals surface area contributed by atoms with Gasteiger partial charge in [-0.15, -0.1) is 0 Å². The van der Waals surface area contributed by atoms with Gasteiger partial charge < -0.3 is 0 Å². The Morgan fingerprint density at radius 2 is 1.90 bits per heavy atom. The quantitative estimate of drug-likeness (QED) is 0.549. The zero-order chi connectivity index (χ0) is 14.3. The molecule has 0 spiro atoms. The zero-order valence-electron chi connectivity index (χ0n) is 10.2. The van der Waals surface area contributed by atoms with Crippen LogP contribution in [0.1, 0.15) is 5.56 Å². The van der Waals surface area contributed by atoms with E-state index in [9.17, 15) is 8.78 Å². The van der Waals surface area contributed by atoms with E-state index in [1.165, 1.54) is 18.2 Å². The van der Waals surface area contributed by atoms with Gasteiger partial charge in [-0.2, -0.15) is 0 Å². The summed E-state index contributed by atoms with van der Waals surface area (Å²) in [4.78, 5) is 0. The molecule has 0 fully saturated rings. The second-order valence-corrected chi connectivity index (χ2v) is 6.60. The Kier molecular flexibility index (Phi) is 3.06. The van der Waals surface area contributed by atoms with Gasteiger partial charge >= 0.3 is 119 Å². The first-order valence-electron chi connectivity index (χ1n) is 5.77. The van der Waals surface area contributed by atoms with Gasteiger partial charge in [-0.1, -0.05) is 0 Å². The molecule has 2 aromatic carbocycles. The van der Waals surface area contributed by atoms with E-state index in [4.69, 9.17) is 11.0 Å². The van der Waals surface area contributed by atoms with Gasteiger partial charge in [0.05, 0.1) is 0 Å². The Balaban J connectivity index is 2.20. The molecule has 5 heteroatoms. The van der Waals surface area contributed by atoms with Crippen molar-refractivity contribution in [2.75, 3.05) is 5.73 Å². The van der Waals surface area contributed by atoms with Crippen LogP contribution < -0.4 is 5.73 Å². The fourth-order valence-electron chi connectivity index (χ4n) is 2.01. The SMILES string of the molecule is N#Cc1cc(-c2cc3cc(F)ccc3[se]2)cc(F)c1N. The van der Waals surface area contributed by atoms with Crippen molar-refractivity contribution in [2.45, 2.75) is 0 Å². The van der Waals surface area contributed by atoms with Gasteiger partial charge in [0.2, 0.25) is 0 Å². The van der Waals surface area contributed by atoms with Gasteiger partial charge in [-0.25, -0.2) is 0 Å². The van der Waals surface area contributed by atoms with Gasteiger partial charge in [0.15, 0.2) is 0 Å². The number of anilines is 1. The van der Waals surface area contributed by atoms with E-state index in [0.29, 0.717) is 5.56 Å². The number of nitrogens with two attached hydrogens (primary N) is 1. The molecule has 0 saturated carbocycles. The Bertz CT molecular complexity index is 862. The number of rotatable bonds is 1. The van der Waals surface area contributed by atoms with Crippen molar-refractivity contribution < 1.29 is 8.78 Å². The molecule has 98 valence electrons. The Morgan fingerprint density at radius 3 is 2.65 bits per heavy atom.